The normalized spacial score (nSPS) is 16.6. The molecule has 1 aromatic rings. The van der Waals surface area contributed by atoms with Gasteiger partial charge in [-0.3, -0.25) is 5.10 Å². The van der Waals surface area contributed by atoms with Crippen molar-refractivity contribution in [1.29, 1.82) is 0 Å². The lowest BCUT2D eigenvalue weighted by Crippen LogP contribution is -2.09. The van der Waals surface area contributed by atoms with Gasteiger partial charge in [0.15, 0.2) is 0 Å². The SMILES string of the molecule is CNCc1c(C(C)C)n[nH]c1C1CC1. The van der Waals surface area contributed by atoms with Crippen LogP contribution in [-0.2, 0) is 6.54 Å². The summed E-state index contributed by atoms with van der Waals surface area (Å²) in [7, 11) is 1.99. The zero-order chi connectivity index (χ0) is 10.1. The maximum atomic E-state index is 4.43. The van der Waals surface area contributed by atoms with E-state index in [1.54, 1.807) is 0 Å². The van der Waals surface area contributed by atoms with Gasteiger partial charge in [0.2, 0.25) is 0 Å². The maximum absolute atomic E-state index is 4.43. The number of hydrogen-bond acceptors (Lipinski definition) is 2. The molecule has 1 fully saturated rings. The molecule has 1 aromatic heterocycles. The number of hydrogen-bond donors (Lipinski definition) is 2. The highest BCUT2D eigenvalue weighted by molar-refractivity contribution is 5.32. The van der Waals surface area contributed by atoms with Crippen LogP contribution in [0, 0.1) is 0 Å². The average Bonchev–Trinajstić information content (AvgIpc) is 2.89. The number of H-pyrrole nitrogens is 1. The molecule has 0 spiro atoms. The first kappa shape index (κ1) is 9.71. The van der Waals surface area contributed by atoms with Crippen molar-refractivity contribution < 1.29 is 0 Å². The molecule has 0 amide bonds. The van der Waals surface area contributed by atoms with Crippen LogP contribution in [0.3, 0.4) is 0 Å². The minimum atomic E-state index is 0.516. The highest BCUT2D eigenvalue weighted by atomic mass is 15.1. The third kappa shape index (κ3) is 1.69. The molecule has 78 valence electrons. The van der Waals surface area contributed by atoms with Crippen LogP contribution in [0.5, 0.6) is 0 Å². The zero-order valence-electron chi connectivity index (χ0n) is 9.22. The second-order valence-electron chi connectivity index (χ2n) is 4.46. The molecule has 0 radical (unpaired) electrons. The Hall–Kier alpha value is -0.830. The van der Waals surface area contributed by atoms with Gasteiger partial charge in [0, 0.05) is 23.7 Å². The Kier molecular flexibility index (Phi) is 2.59. The van der Waals surface area contributed by atoms with Crippen molar-refractivity contribution in [2.24, 2.45) is 0 Å². The van der Waals surface area contributed by atoms with Crippen LogP contribution in [0.2, 0.25) is 0 Å². The molecular formula is C11H19N3. The Morgan fingerprint density at radius 1 is 1.50 bits per heavy atom. The van der Waals surface area contributed by atoms with E-state index in [4.69, 9.17) is 0 Å². The number of rotatable bonds is 4. The summed E-state index contributed by atoms with van der Waals surface area (Å²) in [5, 5.41) is 10.9. The van der Waals surface area contributed by atoms with Gasteiger partial charge in [-0.1, -0.05) is 13.8 Å². The monoisotopic (exact) mass is 193 g/mol. The van der Waals surface area contributed by atoms with E-state index in [2.05, 4.69) is 29.4 Å². The minimum Gasteiger partial charge on any atom is -0.316 e. The Morgan fingerprint density at radius 2 is 2.21 bits per heavy atom. The molecule has 0 bridgehead atoms. The molecule has 0 unspecified atom stereocenters. The van der Waals surface area contributed by atoms with Crippen LogP contribution in [0.4, 0.5) is 0 Å². The first-order chi connectivity index (χ1) is 6.74. The number of nitrogens with zero attached hydrogens (tertiary/aromatic N) is 1. The quantitative estimate of drug-likeness (QED) is 0.769. The largest absolute Gasteiger partial charge is 0.316 e. The summed E-state index contributed by atoms with van der Waals surface area (Å²) in [6.07, 6.45) is 2.66. The van der Waals surface area contributed by atoms with Gasteiger partial charge in [0.1, 0.15) is 0 Å². The molecule has 1 aliphatic rings. The van der Waals surface area contributed by atoms with Gasteiger partial charge in [-0.15, -0.1) is 0 Å². The van der Waals surface area contributed by atoms with Crippen molar-refractivity contribution in [2.45, 2.75) is 45.1 Å². The molecule has 3 nitrogen and oxygen atoms in total. The fourth-order valence-electron chi connectivity index (χ4n) is 1.94. The van der Waals surface area contributed by atoms with E-state index >= 15 is 0 Å². The summed E-state index contributed by atoms with van der Waals surface area (Å²) >= 11 is 0. The van der Waals surface area contributed by atoms with Gasteiger partial charge in [-0.25, -0.2) is 0 Å². The van der Waals surface area contributed by atoms with Gasteiger partial charge in [0.25, 0.3) is 0 Å². The van der Waals surface area contributed by atoms with Crippen LogP contribution in [0.25, 0.3) is 0 Å². The molecule has 0 aliphatic heterocycles. The lowest BCUT2D eigenvalue weighted by molar-refractivity contribution is 0.757. The van der Waals surface area contributed by atoms with Crippen LogP contribution in [-0.4, -0.2) is 17.2 Å². The summed E-state index contributed by atoms with van der Waals surface area (Å²) in [5.41, 5.74) is 4.02. The van der Waals surface area contributed by atoms with Gasteiger partial charge >= 0.3 is 0 Å². The lowest BCUT2D eigenvalue weighted by atomic mass is 10.0. The summed E-state index contributed by atoms with van der Waals surface area (Å²) < 4.78 is 0. The van der Waals surface area contributed by atoms with E-state index in [-0.39, 0.29) is 0 Å². The molecule has 1 aliphatic carbocycles. The van der Waals surface area contributed by atoms with Crippen molar-refractivity contribution >= 4 is 0 Å². The predicted molar refractivity (Wildman–Crippen MR) is 57.4 cm³/mol. The van der Waals surface area contributed by atoms with Crippen molar-refractivity contribution in [3.8, 4) is 0 Å². The molecule has 2 N–H and O–H groups in total. The fraction of sp³-hybridized carbons (Fsp3) is 0.727. The topological polar surface area (TPSA) is 40.7 Å². The predicted octanol–water partition coefficient (Wildman–Crippen LogP) is 2.13. The van der Waals surface area contributed by atoms with Crippen molar-refractivity contribution in [1.82, 2.24) is 15.5 Å². The second kappa shape index (κ2) is 3.73. The first-order valence-electron chi connectivity index (χ1n) is 5.45. The van der Waals surface area contributed by atoms with Gasteiger partial charge in [-0.2, -0.15) is 5.10 Å². The van der Waals surface area contributed by atoms with E-state index in [0.29, 0.717) is 5.92 Å². The van der Waals surface area contributed by atoms with Gasteiger partial charge in [-0.05, 0) is 25.8 Å². The van der Waals surface area contributed by atoms with E-state index in [9.17, 15) is 0 Å². The van der Waals surface area contributed by atoms with Crippen molar-refractivity contribution in [3.63, 3.8) is 0 Å². The zero-order valence-corrected chi connectivity index (χ0v) is 9.22. The highest BCUT2D eigenvalue weighted by Gasteiger charge is 2.29. The molecule has 14 heavy (non-hydrogen) atoms. The summed E-state index contributed by atoms with van der Waals surface area (Å²) in [5.74, 6) is 1.28. The molecular weight excluding hydrogens is 174 g/mol. The lowest BCUT2D eigenvalue weighted by Gasteiger charge is -2.06. The third-order valence-corrected chi connectivity index (χ3v) is 2.82. The van der Waals surface area contributed by atoms with E-state index in [1.165, 1.54) is 29.8 Å². The maximum Gasteiger partial charge on any atom is 0.0695 e. The van der Waals surface area contributed by atoms with E-state index in [1.807, 2.05) is 7.05 Å². The molecule has 3 heteroatoms. The Bertz CT molecular complexity index is 291. The fourth-order valence-corrected chi connectivity index (χ4v) is 1.94. The molecule has 2 rings (SSSR count). The molecule has 0 saturated heterocycles. The van der Waals surface area contributed by atoms with Crippen LogP contribution < -0.4 is 5.32 Å². The number of aromatic amines is 1. The van der Waals surface area contributed by atoms with Crippen LogP contribution in [0.15, 0.2) is 0 Å². The first-order valence-corrected chi connectivity index (χ1v) is 5.45. The standard InChI is InChI=1S/C11H19N3/c1-7(2)10-9(6-12-3)11(14-13-10)8-4-5-8/h7-8,12H,4-6H2,1-3H3,(H,13,14). The molecule has 0 atom stereocenters. The second-order valence-corrected chi connectivity index (χ2v) is 4.46. The molecule has 1 saturated carbocycles. The Balaban J connectivity index is 2.30. The third-order valence-electron chi connectivity index (χ3n) is 2.82. The minimum absolute atomic E-state index is 0.516. The molecule has 1 heterocycles. The van der Waals surface area contributed by atoms with Crippen LogP contribution >= 0.6 is 0 Å². The van der Waals surface area contributed by atoms with E-state index < -0.39 is 0 Å². The Morgan fingerprint density at radius 3 is 2.71 bits per heavy atom. The van der Waals surface area contributed by atoms with E-state index in [0.717, 1.165) is 12.5 Å². The highest BCUT2D eigenvalue weighted by Crippen LogP contribution is 2.41. The van der Waals surface area contributed by atoms with Crippen LogP contribution in [0.1, 0.15) is 55.5 Å². The Labute approximate surface area is 85.3 Å². The smallest absolute Gasteiger partial charge is 0.0695 e. The molecule has 0 aromatic carbocycles. The van der Waals surface area contributed by atoms with Crippen molar-refractivity contribution in [2.75, 3.05) is 7.05 Å². The summed E-state index contributed by atoms with van der Waals surface area (Å²) in [4.78, 5) is 0. The van der Waals surface area contributed by atoms with Gasteiger partial charge in [0.05, 0.1) is 5.69 Å². The average molecular weight is 193 g/mol. The van der Waals surface area contributed by atoms with Crippen molar-refractivity contribution in [3.05, 3.63) is 17.0 Å². The summed E-state index contributed by atoms with van der Waals surface area (Å²) in [6, 6.07) is 0. The number of nitrogens with one attached hydrogen (secondary N) is 2. The summed E-state index contributed by atoms with van der Waals surface area (Å²) in [6.45, 7) is 5.34. The number of aromatic nitrogens is 2. The van der Waals surface area contributed by atoms with Gasteiger partial charge < -0.3 is 5.32 Å².